The zero-order chi connectivity index (χ0) is 23.6. The molecule has 7 rings (SSSR count). The summed E-state index contributed by atoms with van der Waals surface area (Å²) in [6.45, 7) is 0. The molecule has 0 aliphatic carbocycles. The Morgan fingerprint density at radius 3 is 1.66 bits per heavy atom. The van der Waals surface area contributed by atoms with E-state index in [1.807, 2.05) is 40.2 Å². The van der Waals surface area contributed by atoms with Crippen molar-refractivity contribution in [2.45, 2.75) is 15.2 Å². The quantitative estimate of drug-likeness (QED) is 0.204. The Morgan fingerprint density at radius 2 is 1.14 bits per heavy atom. The van der Waals surface area contributed by atoms with Gasteiger partial charge in [0.15, 0.2) is 0 Å². The maximum Gasteiger partial charge on any atom is 0.274 e. The summed E-state index contributed by atoms with van der Waals surface area (Å²) in [6, 6.07) is 36.1. The number of halogens is 1. The summed E-state index contributed by atoms with van der Waals surface area (Å²) in [5.74, 6) is -0.0200. The maximum atomic E-state index is 14.1. The first-order valence-electron chi connectivity index (χ1n) is 11.3. The van der Waals surface area contributed by atoms with E-state index in [1.54, 1.807) is 0 Å². The molecule has 5 aromatic rings. The highest BCUT2D eigenvalue weighted by Gasteiger charge is 2.50. The van der Waals surface area contributed by atoms with Gasteiger partial charge in [-0.1, -0.05) is 84.6 Å². The van der Waals surface area contributed by atoms with Crippen molar-refractivity contribution in [2.24, 2.45) is 0 Å². The third-order valence-electron chi connectivity index (χ3n) is 6.91. The van der Waals surface area contributed by atoms with Gasteiger partial charge in [0, 0.05) is 14.3 Å². The van der Waals surface area contributed by atoms with Crippen molar-refractivity contribution in [1.29, 1.82) is 0 Å². The van der Waals surface area contributed by atoms with E-state index < -0.39 is 5.41 Å². The van der Waals surface area contributed by atoms with E-state index in [4.69, 9.17) is 0 Å². The van der Waals surface area contributed by atoms with Gasteiger partial charge >= 0.3 is 0 Å². The number of nitrogens with zero attached hydrogens (tertiary/aromatic N) is 1. The zero-order valence-electron chi connectivity index (χ0n) is 18.4. The van der Waals surface area contributed by atoms with E-state index in [1.165, 1.54) is 32.3 Å². The molecule has 0 fully saturated rings. The molecular formula is C30H18BrNOS2. The van der Waals surface area contributed by atoms with Crippen LogP contribution in [0.3, 0.4) is 0 Å². The van der Waals surface area contributed by atoms with Crippen molar-refractivity contribution < 1.29 is 4.79 Å². The van der Waals surface area contributed by atoms with Gasteiger partial charge in [0.2, 0.25) is 0 Å². The molecule has 0 bridgehead atoms. The van der Waals surface area contributed by atoms with Crippen LogP contribution in [-0.4, -0.2) is 5.91 Å². The number of para-hydroxylation sites is 2. The van der Waals surface area contributed by atoms with E-state index >= 15 is 0 Å². The molecule has 1 amide bonds. The van der Waals surface area contributed by atoms with Crippen molar-refractivity contribution >= 4 is 56.3 Å². The standard InChI is InChI=1S/C30H18BrNOS2/c31-23-17-18-34-28(23)29(33)32-24-13-5-1-9-19(24)30(20-10-2-6-14-25(20)32)21-11-3-7-15-26(21)35-27-16-8-4-12-22(27)30/h1-18H. The molecule has 2 nitrogen and oxygen atoms in total. The first kappa shape index (κ1) is 21.2. The lowest BCUT2D eigenvalue weighted by molar-refractivity contribution is 0.100. The summed E-state index contributed by atoms with van der Waals surface area (Å²) in [5, 5.41) is 1.95. The van der Waals surface area contributed by atoms with Crippen molar-refractivity contribution in [3.63, 3.8) is 0 Å². The highest BCUT2D eigenvalue weighted by molar-refractivity contribution is 9.10. The van der Waals surface area contributed by atoms with Crippen LogP contribution in [0.5, 0.6) is 0 Å². The minimum atomic E-state index is -0.519. The Hall–Kier alpha value is -3.12. The molecule has 4 aromatic carbocycles. The lowest BCUT2D eigenvalue weighted by atomic mass is 9.62. The van der Waals surface area contributed by atoms with E-state index in [0.717, 1.165) is 27.0 Å². The maximum absolute atomic E-state index is 14.1. The summed E-state index contributed by atoms with van der Waals surface area (Å²) >= 11 is 6.87. The van der Waals surface area contributed by atoms with Crippen molar-refractivity contribution in [3.05, 3.63) is 140 Å². The summed E-state index contributed by atoms with van der Waals surface area (Å²) in [7, 11) is 0. The average molecular weight is 553 g/mol. The molecule has 2 aliphatic heterocycles. The SMILES string of the molecule is O=C(c1sccc1Br)N1c2ccccc2C2(c3ccccc3Sc3ccccc32)c2ccccc21. The molecule has 0 radical (unpaired) electrons. The van der Waals surface area contributed by atoms with Gasteiger partial charge in [0.1, 0.15) is 4.88 Å². The van der Waals surface area contributed by atoms with Gasteiger partial charge in [-0.05, 0) is 73.9 Å². The first-order valence-corrected chi connectivity index (χ1v) is 13.8. The topological polar surface area (TPSA) is 20.3 Å². The molecule has 35 heavy (non-hydrogen) atoms. The Morgan fingerprint density at radius 1 is 0.657 bits per heavy atom. The first-order chi connectivity index (χ1) is 17.2. The van der Waals surface area contributed by atoms with E-state index in [-0.39, 0.29) is 5.91 Å². The summed E-state index contributed by atoms with van der Waals surface area (Å²) < 4.78 is 0.826. The number of carbonyl (C=O) groups is 1. The predicted octanol–water partition coefficient (Wildman–Crippen LogP) is 8.65. The lowest BCUT2D eigenvalue weighted by Gasteiger charge is -2.48. The smallest absolute Gasteiger partial charge is 0.274 e. The third-order valence-corrected chi connectivity index (χ3v) is 9.89. The fraction of sp³-hybridized carbons (Fsp3) is 0.0333. The van der Waals surface area contributed by atoms with Gasteiger partial charge in [-0.2, -0.15) is 0 Å². The van der Waals surface area contributed by atoms with E-state index in [9.17, 15) is 4.79 Å². The largest absolute Gasteiger partial charge is 0.276 e. The average Bonchev–Trinajstić information content (AvgIpc) is 3.34. The molecule has 168 valence electrons. The van der Waals surface area contributed by atoms with Gasteiger partial charge in [0.25, 0.3) is 5.91 Å². The van der Waals surface area contributed by atoms with Gasteiger partial charge in [-0.25, -0.2) is 0 Å². The molecule has 0 saturated heterocycles. The highest BCUT2D eigenvalue weighted by Crippen LogP contribution is 2.61. The van der Waals surface area contributed by atoms with Crippen molar-refractivity contribution in [3.8, 4) is 0 Å². The number of anilines is 2. The number of rotatable bonds is 1. The van der Waals surface area contributed by atoms with Crippen LogP contribution < -0.4 is 4.90 Å². The lowest BCUT2D eigenvalue weighted by Crippen LogP contribution is -2.42. The number of hydrogen-bond donors (Lipinski definition) is 0. The molecule has 0 unspecified atom stereocenters. The Balaban J connectivity index is 1.62. The number of hydrogen-bond acceptors (Lipinski definition) is 3. The number of fused-ring (bicyclic) bond motifs is 8. The van der Waals surface area contributed by atoms with E-state index in [2.05, 4.69) is 101 Å². The van der Waals surface area contributed by atoms with Crippen LogP contribution in [0.1, 0.15) is 31.9 Å². The number of benzene rings is 4. The second-order valence-corrected chi connectivity index (χ2v) is 11.5. The highest BCUT2D eigenvalue weighted by atomic mass is 79.9. The van der Waals surface area contributed by atoms with Crippen LogP contribution in [0.2, 0.25) is 0 Å². The molecule has 0 N–H and O–H groups in total. The summed E-state index contributed by atoms with van der Waals surface area (Å²) in [6.07, 6.45) is 0. The monoisotopic (exact) mass is 551 g/mol. The molecule has 1 aromatic heterocycles. The molecule has 0 saturated carbocycles. The Bertz CT molecular complexity index is 1540. The normalized spacial score (nSPS) is 14.6. The molecule has 3 heterocycles. The zero-order valence-corrected chi connectivity index (χ0v) is 21.7. The summed E-state index contributed by atoms with van der Waals surface area (Å²) in [5.41, 5.74) is 6.09. The minimum absolute atomic E-state index is 0.0200. The summed E-state index contributed by atoms with van der Waals surface area (Å²) in [4.78, 5) is 19.2. The number of thiophene rings is 1. The number of amides is 1. The van der Waals surface area contributed by atoms with Crippen molar-refractivity contribution in [1.82, 2.24) is 0 Å². The molecule has 5 heteroatoms. The minimum Gasteiger partial charge on any atom is -0.276 e. The van der Waals surface area contributed by atoms with Crippen LogP contribution in [0.15, 0.2) is 123 Å². The molecule has 0 atom stereocenters. The van der Waals surface area contributed by atoms with Crippen LogP contribution in [0.25, 0.3) is 0 Å². The van der Waals surface area contributed by atoms with E-state index in [0.29, 0.717) is 4.88 Å². The van der Waals surface area contributed by atoms with Crippen LogP contribution in [0, 0.1) is 0 Å². The molecular weight excluding hydrogens is 534 g/mol. The van der Waals surface area contributed by atoms with Crippen LogP contribution in [-0.2, 0) is 5.41 Å². The molecule has 1 spiro atoms. The van der Waals surface area contributed by atoms with Gasteiger partial charge in [0.05, 0.1) is 16.8 Å². The van der Waals surface area contributed by atoms with Crippen LogP contribution >= 0.6 is 39.0 Å². The Kier molecular flexibility index (Phi) is 4.81. The van der Waals surface area contributed by atoms with Gasteiger partial charge < -0.3 is 0 Å². The second kappa shape index (κ2) is 7.95. The predicted molar refractivity (Wildman–Crippen MR) is 147 cm³/mol. The number of carbonyl (C=O) groups excluding carboxylic acids is 1. The van der Waals surface area contributed by atoms with Crippen LogP contribution in [0.4, 0.5) is 11.4 Å². The van der Waals surface area contributed by atoms with Gasteiger partial charge in [-0.3, -0.25) is 9.69 Å². The van der Waals surface area contributed by atoms with Crippen molar-refractivity contribution in [2.75, 3.05) is 4.90 Å². The fourth-order valence-corrected chi connectivity index (χ4v) is 8.25. The second-order valence-electron chi connectivity index (χ2n) is 8.62. The molecule has 2 aliphatic rings. The van der Waals surface area contributed by atoms with Gasteiger partial charge in [-0.15, -0.1) is 11.3 Å². The fourth-order valence-electron chi connectivity index (χ4n) is 5.59. The third kappa shape index (κ3) is 2.86. The Labute approximate surface area is 220 Å².